The first-order valence-electron chi connectivity index (χ1n) is 14.3. The minimum Gasteiger partial charge on any atom is -0.465 e. The molecule has 3 aliphatic rings. The normalized spacial score (nSPS) is 19.3. The third kappa shape index (κ3) is 5.72. The first-order chi connectivity index (χ1) is 21.9. The molecule has 1 spiro atoms. The van der Waals surface area contributed by atoms with Crippen molar-refractivity contribution in [2.45, 2.75) is 37.1 Å². The zero-order chi connectivity index (χ0) is 32.8. The van der Waals surface area contributed by atoms with Crippen LogP contribution in [0.15, 0.2) is 53.9 Å². The third-order valence-corrected chi connectivity index (χ3v) is 9.35. The largest absolute Gasteiger partial charge is 0.465 e. The smallest absolute Gasteiger partial charge is 0.410 e. The average Bonchev–Trinajstić information content (AvgIpc) is 3.82. The molecular formula is C31H29F2N5O7S. The van der Waals surface area contributed by atoms with Crippen LogP contribution in [0.25, 0.3) is 11.1 Å². The number of thiophene rings is 1. The summed E-state index contributed by atoms with van der Waals surface area (Å²) in [4.78, 5) is 52.8. The van der Waals surface area contributed by atoms with Crippen LogP contribution >= 0.6 is 11.3 Å². The van der Waals surface area contributed by atoms with E-state index in [2.05, 4.69) is 10.6 Å². The minimum atomic E-state index is -3.19. The molecule has 0 bridgehead atoms. The molecule has 1 aromatic heterocycles. The van der Waals surface area contributed by atoms with Crippen molar-refractivity contribution in [1.82, 2.24) is 20.9 Å². The van der Waals surface area contributed by atoms with Crippen LogP contribution in [0.4, 0.5) is 13.6 Å². The third-order valence-electron chi connectivity index (χ3n) is 8.23. The van der Waals surface area contributed by atoms with E-state index in [1.165, 1.54) is 46.6 Å². The molecule has 5 N–H and O–H groups in total. The second-order valence-corrected chi connectivity index (χ2v) is 12.1. The lowest BCUT2D eigenvalue weighted by Crippen LogP contribution is -2.49. The fourth-order valence-electron chi connectivity index (χ4n) is 5.99. The number of carbonyl (C=O) groups excluding carboxylic acids is 3. The quantitative estimate of drug-likeness (QED) is 0.192. The van der Waals surface area contributed by atoms with Gasteiger partial charge in [-0.3, -0.25) is 25.1 Å². The summed E-state index contributed by atoms with van der Waals surface area (Å²) in [7, 11) is 0. The van der Waals surface area contributed by atoms with Crippen LogP contribution in [0.5, 0.6) is 0 Å². The summed E-state index contributed by atoms with van der Waals surface area (Å²) in [6.45, 7) is 1.79. The van der Waals surface area contributed by atoms with Crippen LogP contribution < -0.4 is 16.0 Å². The summed E-state index contributed by atoms with van der Waals surface area (Å²) in [5.74, 6) is -6.36. The summed E-state index contributed by atoms with van der Waals surface area (Å²) in [6, 6.07) is 10.0. The molecule has 2 fully saturated rings. The number of carbonyl (C=O) groups is 4. The first-order valence-corrected chi connectivity index (χ1v) is 15.2. The zero-order valence-electron chi connectivity index (χ0n) is 24.4. The van der Waals surface area contributed by atoms with Crippen molar-refractivity contribution in [3.05, 3.63) is 81.0 Å². The van der Waals surface area contributed by atoms with Gasteiger partial charge in [-0.1, -0.05) is 30.3 Å². The maximum absolute atomic E-state index is 14.9. The van der Waals surface area contributed by atoms with E-state index in [0.29, 0.717) is 16.0 Å². The van der Waals surface area contributed by atoms with Crippen LogP contribution in [0.2, 0.25) is 0 Å². The standard InChI is InChI=1S/C31H29F2N5O7S/c1-16(24-11-18(14-46-24)26(34)37-29(42)43)36-28(41)23-12-30(44-8-9-45-30)15-38(23)25(39)13-35-27(40)17-6-7-22-20(10-17)19-4-2-3-5-21(19)31(22,32)33/h2-7,10-11,14,16,23H,8-9,12-13,15H2,1H3,(H2,34,37)(H,35,40)(H,36,41)(H,42,43)/t16-,23+/m1/s1. The topological polar surface area (TPSA) is 170 Å². The van der Waals surface area contributed by atoms with Crippen molar-refractivity contribution >= 4 is 41.0 Å². The Morgan fingerprint density at radius 3 is 2.52 bits per heavy atom. The van der Waals surface area contributed by atoms with Crippen LogP contribution in [0.1, 0.15) is 51.3 Å². The molecule has 15 heteroatoms. The number of fused-ring (bicyclic) bond motifs is 3. The molecule has 3 heterocycles. The van der Waals surface area contributed by atoms with E-state index in [4.69, 9.17) is 20.0 Å². The Labute approximate surface area is 265 Å². The number of nitrogens with one attached hydrogen (secondary N) is 4. The molecule has 0 radical (unpaired) electrons. The second-order valence-electron chi connectivity index (χ2n) is 11.2. The van der Waals surface area contributed by atoms with Gasteiger partial charge in [0, 0.05) is 38.9 Å². The molecule has 2 saturated heterocycles. The highest BCUT2D eigenvalue weighted by Gasteiger charge is 2.52. The number of hydrogen-bond acceptors (Lipinski definition) is 8. The predicted octanol–water partition coefficient (Wildman–Crippen LogP) is 3.41. The number of nitrogens with zero attached hydrogens (tertiary/aromatic N) is 1. The molecule has 0 saturated carbocycles. The monoisotopic (exact) mass is 653 g/mol. The Morgan fingerprint density at radius 1 is 1.07 bits per heavy atom. The molecule has 3 aromatic rings. The van der Waals surface area contributed by atoms with Crippen molar-refractivity contribution in [3.63, 3.8) is 0 Å². The van der Waals surface area contributed by atoms with Crippen LogP contribution in [0.3, 0.4) is 0 Å². The number of alkyl halides is 2. The van der Waals surface area contributed by atoms with Crippen molar-refractivity contribution in [2.75, 3.05) is 26.3 Å². The molecule has 4 amide bonds. The maximum atomic E-state index is 14.9. The molecule has 0 unspecified atom stereocenters. The number of ether oxygens (including phenoxy) is 2. The molecule has 2 aromatic carbocycles. The van der Waals surface area contributed by atoms with E-state index in [1.807, 2.05) is 5.32 Å². The molecule has 6 rings (SSSR count). The Balaban J connectivity index is 1.13. The number of hydrogen-bond donors (Lipinski definition) is 5. The van der Waals surface area contributed by atoms with E-state index >= 15 is 0 Å². The number of carboxylic acid groups (broad SMARTS) is 1. The lowest BCUT2D eigenvalue weighted by Gasteiger charge is -2.25. The van der Waals surface area contributed by atoms with Gasteiger partial charge in [0.1, 0.15) is 11.9 Å². The Kier molecular flexibility index (Phi) is 8.08. The summed E-state index contributed by atoms with van der Waals surface area (Å²) < 4.78 is 41.4. The summed E-state index contributed by atoms with van der Waals surface area (Å²) in [5.41, 5.74) is 0.691. The number of halogens is 2. The summed E-state index contributed by atoms with van der Waals surface area (Å²) in [6.07, 6.45) is -1.30. The lowest BCUT2D eigenvalue weighted by atomic mass is 10.0. The predicted molar refractivity (Wildman–Crippen MR) is 161 cm³/mol. The average molecular weight is 654 g/mol. The number of amidine groups is 1. The van der Waals surface area contributed by atoms with E-state index in [1.54, 1.807) is 30.5 Å². The molecule has 240 valence electrons. The number of likely N-dealkylation sites (tertiary alicyclic amines) is 1. The van der Waals surface area contributed by atoms with E-state index < -0.39 is 54.2 Å². The first kappa shape index (κ1) is 31.3. The van der Waals surface area contributed by atoms with Gasteiger partial charge in [0.25, 0.3) is 11.8 Å². The highest BCUT2D eigenvalue weighted by atomic mass is 32.1. The number of amides is 4. The van der Waals surface area contributed by atoms with Gasteiger partial charge in [0.05, 0.1) is 32.3 Å². The van der Waals surface area contributed by atoms with Gasteiger partial charge >= 0.3 is 6.09 Å². The van der Waals surface area contributed by atoms with E-state index in [0.717, 1.165) is 0 Å². The number of benzene rings is 2. The second kappa shape index (κ2) is 11.9. The lowest BCUT2D eigenvalue weighted by molar-refractivity contribution is -0.152. The van der Waals surface area contributed by atoms with Gasteiger partial charge in [0.2, 0.25) is 11.8 Å². The maximum Gasteiger partial charge on any atom is 0.410 e. The van der Waals surface area contributed by atoms with Crippen molar-refractivity contribution < 1.29 is 42.5 Å². The summed E-state index contributed by atoms with van der Waals surface area (Å²) >= 11 is 1.23. The molecule has 2 atom stereocenters. The van der Waals surface area contributed by atoms with Crippen LogP contribution in [0, 0.1) is 5.41 Å². The minimum absolute atomic E-state index is 0.0416. The van der Waals surface area contributed by atoms with Crippen molar-refractivity contribution in [1.29, 1.82) is 5.41 Å². The van der Waals surface area contributed by atoms with Crippen molar-refractivity contribution in [2.24, 2.45) is 0 Å². The highest BCUT2D eigenvalue weighted by Crippen LogP contribution is 2.51. The van der Waals surface area contributed by atoms with Crippen LogP contribution in [-0.2, 0) is 25.0 Å². The SMILES string of the molecule is C[C@@H](NC(=O)[C@@H]1CC2(CN1C(=O)CNC(=O)c1ccc3c(c1)-c1ccccc1C3(F)F)OCCO2)c1cc(C(=N)NC(=O)O)cs1. The fourth-order valence-corrected chi connectivity index (χ4v) is 6.90. The molecular weight excluding hydrogens is 624 g/mol. The van der Waals surface area contributed by atoms with Gasteiger partial charge in [-0.05, 0) is 36.2 Å². The molecule has 12 nitrogen and oxygen atoms in total. The fraction of sp³-hybridized carbons (Fsp3) is 0.323. The van der Waals surface area contributed by atoms with Gasteiger partial charge in [-0.15, -0.1) is 11.3 Å². The van der Waals surface area contributed by atoms with E-state index in [9.17, 15) is 28.0 Å². The van der Waals surface area contributed by atoms with Gasteiger partial charge in [-0.2, -0.15) is 8.78 Å². The Morgan fingerprint density at radius 2 is 1.78 bits per heavy atom. The molecule has 46 heavy (non-hydrogen) atoms. The Hall–Kier alpha value is -4.73. The van der Waals surface area contributed by atoms with Gasteiger partial charge in [-0.25, -0.2) is 4.79 Å². The molecule has 1 aliphatic carbocycles. The molecule has 2 aliphatic heterocycles. The van der Waals surface area contributed by atoms with Gasteiger partial charge < -0.3 is 30.1 Å². The highest BCUT2D eigenvalue weighted by molar-refractivity contribution is 7.10. The number of rotatable bonds is 7. The zero-order valence-corrected chi connectivity index (χ0v) is 25.2. The van der Waals surface area contributed by atoms with Crippen molar-refractivity contribution in [3.8, 4) is 11.1 Å². The van der Waals surface area contributed by atoms with Crippen LogP contribution in [-0.4, -0.2) is 77.8 Å². The summed E-state index contributed by atoms with van der Waals surface area (Å²) in [5, 5.41) is 25.7. The van der Waals surface area contributed by atoms with Gasteiger partial charge in [0.15, 0.2) is 5.79 Å². The van der Waals surface area contributed by atoms with E-state index in [-0.39, 0.29) is 54.3 Å². The Bertz CT molecular complexity index is 1760.